The van der Waals surface area contributed by atoms with Crippen molar-refractivity contribution in [2.45, 2.75) is 13.1 Å². The van der Waals surface area contributed by atoms with Gasteiger partial charge in [0.15, 0.2) is 11.5 Å². The minimum atomic E-state index is -0.137. The van der Waals surface area contributed by atoms with Gasteiger partial charge in [-0.1, -0.05) is 24.3 Å². The van der Waals surface area contributed by atoms with Gasteiger partial charge in [0.25, 0.3) is 5.56 Å². The molecule has 3 heterocycles. The molecule has 2 aromatic carbocycles. The standard InChI is InChI=1S/C26H24N4O3S/c1-32-22-11-10-17(14-23(22)33-2)24-21-13-18(15-27-16-20-9-6-12-34-20)26(31)28-25(21)30(29-24)19-7-4-3-5-8-19/h3-14,27H,15-16H2,1-2H3,(H,28,31). The van der Waals surface area contributed by atoms with Crippen molar-refractivity contribution in [3.8, 4) is 28.4 Å². The second kappa shape index (κ2) is 9.54. The number of ether oxygens (including phenoxy) is 2. The summed E-state index contributed by atoms with van der Waals surface area (Å²) in [6, 6.07) is 21.5. The highest BCUT2D eigenvalue weighted by molar-refractivity contribution is 7.09. The zero-order valence-corrected chi connectivity index (χ0v) is 19.7. The Morgan fingerprint density at radius 1 is 0.971 bits per heavy atom. The van der Waals surface area contributed by atoms with Crippen LogP contribution in [0.1, 0.15) is 10.4 Å². The van der Waals surface area contributed by atoms with Gasteiger partial charge in [-0.25, -0.2) is 4.68 Å². The number of fused-ring (bicyclic) bond motifs is 1. The summed E-state index contributed by atoms with van der Waals surface area (Å²) < 4.78 is 12.7. The van der Waals surface area contributed by atoms with E-state index in [-0.39, 0.29) is 5.56 Å². The number of hydrogen-bond acceptors (Lipinski definition) is 6. The second-order valence-corrected chi connectivity index (χ2v) is 8.77. The maximum atomic E-state index is 13.0. The van der Waals surface area contributed by atoms with Crippen molar-refractivity contribution in [3.05, 3.63) is 92.9 Å². The lowest BCUT2D eigenvalue weighted by molar-refractivity contribution is 0.355. The number of para-hydroxylation sites is 1. The Kier molecular flexibility index (Phi) is 6.16. The molecular formula is C26H24N4O3S. The second-order valence-electron chi connectivity index (χ2n) is 7.73. The van der Waals surface area contributed by atoms with Crippen molar-refractivity contribution in [2.24, 2.45) is 0 Å². The van der Waals surface area contributed by atoms with Crippen molar-refractivity contribution in [3.63, 3.8) is 0 Å². The zero-order chi connectivity index (χ0) is 23.5. The molecule has 0 atom stereocenters. The molecule has 0 unspecified atom stereocenters. The Morgan fingerprint density at radius 3 is 2.53 bits per heavy atom. The van der Waals surface area contributed by atoms with E-state index in [2.05, 4.69) is 16.4 Å². The lowest BCUT2D eigenvalue weighted by atomic mass is 10.1. The molecule has 8 heteroatoms. The van der Waals surface area contributed by atoms with E-state index in [1.165, 1.54) is 4.88 Å². The Labute approximate surface area is 200 Å². The van der Waals surface area contributed by atoms with Crippen LogP contribution in [-0.2, 0) is 13.1 Å². The molecule has 0 saturated carbocycles. The lowest BCUT2D eigenvalue weighted by Crippen LogP contribution is -2.20. The topological polar surface area (TPSA) is 81.2 Å². The fourth-order valence-electron chi connectivity index (χ4n) is 3.93. The molecule has 3 aromatic heterocycles. The number of methoxy groups -OCH3 is 2. The summed E-state index contributed by atoms with van der Waals surface area (Å²) in [6.45, 7) is 1.16. The highest BCUT2D eigenvalue weighted by Crippen LogP contribution is 2.35. The molecule has 0 radical (unpaired) electrons. The van der Waals surface area contributed by atoms with Gasteiger partial charge in [0.2, 0.25) is 0 Å². The predicted octanol–water partition coefficient (Wildman–Crippen LogP) is 4.75. The summed E-state index contributed by atoms with van der Waals surface area (Å²) in [4.78, 5) is 17.3. The van der Waals surface area contributed by atoms with Crippen LogP contribution >= 0.6 is 11.3 Å². The Hall–Kier alpha value is -3.88. The molecule has 0 bridgehead atoms. The first kappa shape index (κ1) is 21.9. The molecule has 0 aliphatic heterocycles. The molecule has 0 aliphatic carbocycles. The molecule has 0 spiro atoms. The van der Waals surface area contributed by atoms with Gasteiger partial charge in [-0.05, 0) is 47.8 Å². The van der Waals surface area contributed by atoms with Crippen LogP contribution in [0.15, 0.2) is 76.9 Å². The van der Waals surface area contributed by atoms with E-state index in [9.17, 15) is 4.79 Å². The highest BCUT2D eigenvalue weighted by atomic mass is 32.1. The zero-order valence-electron chi connectivity index (χ0n) is 18.9. The molecule has 5 aromatic rings. The van der Waals surface area contributed by atoms with E-state index in [0.29, 0.717) is 35.8 Å². The molecule has 5 rings (SSSR count). The van der Waals surface area contributed by atoms with Crippen LogP contribution in [-0.4, -0.2) is 29.0 Å². The number of aromatic amines is 1. The molecule has 34 heavy (non-hydrogen) atoms. The van der Waals surface area contributed by atoms with Crippen LogP contribution in [0.5, 0.6) is 11.5 Å². The quantitative estimate of drug-likeness (QED) is 0.341. The van der Waals surface area contributed by atoms with Gasteiger partial charge in [-0.3, -0.25) is 4.79 Å². The summed E-state index contributed by atoms with van der Waals surface area (Å²) in [5.41, 5.74) is 3.62. The first-order valence-corrected chi connectivity index (χ1v) is 11.7. The van der Waals surface area contributed by atoms with Crippen LogP contribution in [0.25, 0.3) is 28.0 Å². The average Bonchev–Trinajstić information content (AvgIpc) is 3.52. The van der Waals surface area contributed by atoms with Gasteiger partial charge in [0.05, 0.1) is 19.9 Å². The number of hydrogen-bond donors (Lipinski definition) is 2. The van der Waals surface area contributed by atoms with Crippen molar-refractivity contribution < 1.29 is 9.47 Å². The van der Waals surface area contributed by atoms with Crippen molar-refractivity contribution in [2.75, 3.05) is 14.2 Å². The van der Waals surface area contributed by atoms with Crippen molar-refractivity contribution in [1.29, 1.82) is 0 Å². The number of rotatable bonds is 8. The van der Waals surface area contributed by atoms with E-state index in [1.807, 2.05) is 66.0 Å². The van der Waals surface area contributed by atoms with Crippen LogP contribution in [0.2, 0.25) is 0 Å². The van der Waals surface area contributed by atoms with E-state index < -0.39 is 0 Å². The predicted molar refractivity (Wildman–Crippen MR) is 135 cm³/mol. The minimum absolute atomic E-state index is 0.137. The van der Waals surface area contributed by atoms with Gasteiger partial charge in [0.1, 0.15) is 11.3 Å². The van der Waals surface area contributed by atoms with E-state index in [1.54, 1.807) is 30.2 Å². The van der Waals surface area contributed by atoms with Crippen LogP contribution < -0.4 is 20.3 Å². The molecule has 0 fully saturated rings. The van der Waals surface area contributed by atoms with Gasteiger partial charge < -0.3 is 19.8 Å². The Balaban J connectivity index is 1.62. The summed E-state index contributed by atoms with van der Waals surface area (Å²) in [5, 5.41) is 11.2. The summed E-state index contributed by atoms with van der Waals surface area (Å²) in [5.74, 6) is 1.26. The molecule has 172 valence electrons. The van der Waals surface area contributed by atoms with Crippen molar-refractivity contribution >= 4 is 22.4 Å². The number of aromatic nitrogens is 3. The van der Waals surface area contributed by atoms with Gasteiger partial charge in [-0.2, -0.15) is 5.10 Å². The van der Waals surface area contributed by atoms with Gasteiger partial charge >= 0.3 is 0 Å². The summed E-state index contributed by atoms with van der Waals surface area (Å²) in [6.07, 6.45) is 0. The Morgan fingerprint density at radius 2 is 1.79 bits per heavy atom. The fourth-order valence-corrected chi connectivity index (χ4v) is 4.61. The van der Waals surface area contributed by atoms with Crippen molar-refractivity contribution in [1.82, 2.24) is 20.1 Å². The smallest absolute Gasteiger partial charge is 0.254 e. The number of nitrogens with zero attached hydrogens (tertiary/aromatic N) is 2. The van der Waals surface area contributed by atoms with E-state index in [4.69, 9.17) is 14.6 Å². The third-order valence-electron chi connectivity index (χ3n) is 5.62. The van der Waals surface area contributed by atoms with Gasteiger partial charge in [-0.15, -0.1) is 11.3 Å². The Bertz CT molecular complexity index is 1470. The van der Waals surface area contributed by atoms with E-state index in [0.717, 1.165) is 22.3 Å². The average molecular weight is 473 g/mol. The number of benzene rings is 2. The normalized spacial score (nSPS) is 11.1. The van der Waals surface area contributed by atoms with Crippen LogP contribution in [0.4, 0.5) is 0 Å². The van der Waals surface area contributed by atoms with E-state index >= 15 is 0 Å². The third-order valence-corrected chi connectivity index (χ3v) is 6.49. The number of H-pyrrole nitrogens is 1. The first-order chi connectivity index (χ1) is 16.7. The molecule has 0 saturated heterocycles. The van der Waals surface area contributed by atoms with Gasteiger partial charge in [0, 0.05) is 34.5 Å². The minimum Gasteiger partial charge on any atom is -0.493 e. The van der Waals surface area contributed by atoms with Crippen LogP contribution in [0, 0.1) is 0 Å². The number of thiophene rings is 1. The molecule has 0 amide bonds. The third kappa shape index (κ3) is 4.21. The number of pyridine rings is 1. The van der Waals surface area contributed by atoms with Crippen LogP contribution in [0.3, 0.4) is 0 Å². The summed E-state index contributed by atoms with van der Waals surface area (Å²) in [7, 11) is 3.22. The maximum Gasteiger partial charge on any atom is 0.254 e. The summed E-state index contributed by atoms with van der Waals surface area (Å²) >= 11 is 1.69. The monoisotopic (exact) mass is 472 g/mol. The fraction of sp³-hybridized carbons (Fsp3) is 0.154. The number of nitrogens with one attached hydrogen (secondary N) is 2. The SMILES string of the molecule is COc1ccc(-c2nn(-c3ccccc3)c3[nH]c(=O)c(CNCc4cccs4)cc23)cc1OC. The molecular weight excluding hydrogens is 448 g/mol. The molecule has 0 aliphatic rings. The highest BCUT2D eigenvalue weighted by Gasteiger charge is 2.18. The molecule has 7 nitrogen and oxygen atoms in total. The first-order valence-electron chi connectivity index (χ1n) is 10.8. The maximum absolute atomic E-state index is 13.0. The lowest BCUT2D eigenvalue weighted by Gasteiger charge is -2.09. The molecule has 2 N–H and O–H groups in total. The largest absolute Gasteiger partial charge is 0.493 e.